The molecule has 0 saturated heterocycles. The Bertz CT molecular complexity index is 291. The molecule has 0 aromatic rings. The number of amidine groups is 1. The van der Waals surface area contributed by atoms with Gasteiger partial charge in [-0.2, -0.15) is 0 Å². The van der Waals surface area contributed by atoms with Gasteiger partial charge in [0.15, 0.2) is 5.17 Å². The minimum Gasteiger partial charge on any atom is -0.362 e. The normalized spacial score (nSPS) is 37.9. The van der Waals surface area contributed by atoms with Crippen molar-refractivity contribution in [2.45, 2.75) is 63.2 Å². The van der Waals surface area contributed by atoms with Crippen molar-refractivity contribution in [1.29, 1.82) is 0 Å². The fourth-order valence-electron chi connectivity index (χ4n) is 3.07. The molecule has 0 radical (unpaired) electrons. The van der Waals surface area contributed by atoms with Crippen LogP contribution in [0.2, 0.25) is 0 Å². The van der Waals surface area contributed by atoms with Gasteiger partial charge >= 0.3 is 0 Å². The van der Waals surface area contributed by atoms with E-state index < -0.39 is 0 Å². The molecule has 1 unspecified atom stereocenters. The average molecular weight is 252 g/mol. The van der Waals surface area contributed by atoms with Gasteiger partial charge in [-0.3, -0.25) is 4.99 Å². The highest BCUT2D eigenvalue weighted by molar-refractivity contribution is 8.14. The summed E-state index contributed by atoms with van der Waals surface area (Å²) < 4.78 is 0. The van der Waals surface area contributed by atoms with Crippen LogP contribution in [0.1, 0.15) is 51.9 Å². The molecule has 2 nitrogen and oxygen atoms in total. The van der Waals surface area contributed by atoms with Crippen LogP contribution in [-0.4, -0.2) is 23.0 Å². The van der Waals surface area contributed by atoms with Crippen molar-refractivity contribution in [1.82, 2.24) is 5.32 Å². The monoisotopic (exact) mass is 252 g/mol. The van der Waals surface area contributed by atoms with Crippen LogP contribution in [0.4, 0.5) is 0 Å². The highest BCUT2D eigenvalue weighted by Gasteiger charge is 2.35. The molecule has 2 fully saturated rings. The Morgan fingerprint density at radius 3 is 2.59 bits per heavy atom. The molecule has 1 atom stereocenters. The van der Waals surface area contributed by atoms with Crippen molar-refractivity contribution in [2.75, 3.05) is 6.54 Å². The van der Waals surface area contributed by atoms with Crippen LogP contribution in [0.25, 0.3) is 0 Å². The number of rotatable bonds is 3. The summed E-state index contributed by atoms with van der Waals surface area (Å²) in [5.41, 5.74) is 0. The van der Waals surface area contributed by atoms with Crippen LogP contribution in [-0.2, 0) is 0 Å². The maximum Gasteiger partial charge on any atom is 0.157 e. The number of nitrogens with one attached hydrogen (secondary N) is 1. The van der Waals surface area contributed by atoms with Crippen molar-refractivity contribution in [3.05, 3.63) is 0 Å². The van der Waals surface area contributed by atoms with Gasteiger partial charge in [-0.05, 0) is 50.4 Å². The number of nitrogens with zero attached hydrogens (tertiary/aromatic N) is 1. The van der Waals surface area contributed by atoms with Gasteiger partial charge in [0.2, 0.25) is 0 Å². The lowest BCUT2D eigenvalue weighted by Crippen LogP contribution is -2.35. The van der Waals surface area contributed by atoms with Gasteiger partial charge in [0.05, 0.1) is 6.54 Å². The molecule has 96 valence electrons. The van der Waals surface area contributed by atoms with Crippen LogP contribution in [0.3, 0.4) is 0 Å². The van der Waals surface area contributed by atoms with Crippen LogP contribution in [0.15, 0.2) is 4.99 Å². The Labute approximate surface area is 109 Å². The molecule has 0 bridgehead atoms. The Morgan fingerprint density at radius 1 is 1.18 bits per heavy atom. The molecule has 0 aromatic heterocycles. The third-order valence-electron chi connectivity index (χ3n) is 4.58. The first kappa shape index (κ1) is 11.9. The Morgan fingerprint density at radius 2 is 1.94 bits per heavy atom. The predicted octanol–water partition coefficient (Wildman–Crippen LogP) is 3.43. The first-order chi connectivity index (χ1) is 8.35. The fourth-order valence-corrected chi connectivity index (χ4v) is 4.36. The number of aliphatic imine (C=N–C) groups is 1. The molecule has 0 spiro atoms. The van der Waals surface area contributed by atoms with Gasteiger partial charge in [0.25, 0.3) is 0 Å². The smallest absolute Gasteiger partial charge is 0.157 e. The second-order valence-electron chi connectivity index (χ2n) is 5.91. The quantitative estimate of drug-likeness (QED) is 0.832. The Kier molecular flexibility index (Phi) is 3.64. The lowest BCUT2D eigenvalue weighted by Gasteiger charge is -2.28. The molecule has 3 heteroatoms. The molecule has 1 aliphatic heterocycles. The average Bonchev–Trinajstić information content (AvgIpc) is 3.12. The highest BCUT2D eigenvalue weighted by Crippen LogP contribution is 2.41. The van der Waals surface area contributed by atoms with Crippen LogP contribution < -0.4 is 5.32 Å². The maximum atomic E-state index is 4.68. The molecule has 1 heterocycles. The molecule has 2 aliphatic carbocycles. The first-order valence-electron chi connectivity index (χ1n) is 7.32. The molecule has 3 rings (SSSR count). The largest absolute Gasteiger partial charge is 0.362 e. The summed E-state index contributed by atoms with van der Waals surface area (Å²) in [7, 11) is 0. The molecular weight excluding hydrogens is 228 g/mol. The lowest BCUT2D eigenvalue weighted by atomic mass is 9.85. The van der Waals surface area contributed by atoms with Crippen molar-refractivity contribution in [2.24, 2.45) is 16.8 Å². The lowest BCUT2D eigenvalue weighted by molar-refractivity contribution is 0.306. The zero-order chi connectivity index (χ0) is 11.7. The molecule has 0 aromatic carbocycles. The Balaban J connectivity index is 1.42. The van der Waals surface area contributed by atoms with E-state index in [1.807, 2.05) is 11.8 Å². The van der Waals surface area contributed by atoms with Gasteiger partial charge in [-0.15, -0.1) is 0 Å². The summed E-state index contributed by atoms with van der Waals surface area (Å²) in [5.74, 6) is 1.98. The van der Waals surface area contributed by atoms with E-state index in [1.54, 1.807) is 0 Å². The molecule has 0 amide bonds. The van der Waals surface area contributed by atoms with Crippen LogP contribution in [0.5, 0.6) is 0 Å². The molecule has 3 aliphatic rings. The van der Waals surface area contributed by atoms with Crippen LogP contribution >= 0.6 is 11.8 Å². The number of hydrogen-bond acceptors (Lipinski definition) is 3. The van der Waals surface area contributed by atoms with Gasteiger partial charge in [0, 0.05) is 11.3 Å². The molecule has 1 N–H and O–H groups in total. The van der Waals surface area contributed by atoms with E-state index >= 15 is 0 Å². The van der Waals surface area contributed by atoms with E-state index in [9.17, 15) is 0 Å². The van der Waals surface area contributed by atoms with Crippen molar-refractivity contribution < 1.29 is 0 Å². The summed E-state index contributed by atoms with van der Waals surface area (Å²) in [6, 6.07) is 0.710. The maximum absolute atomic E-state index is 4.68. The summed E-state index contributed by atoms with van der Waals surface area (Å²) in [5, 5.41) is 5.75. The summed E-state index contributed by atoms with van der Waals surface area (Å²) in [6.45, 7) is 3.40. The molecule has 17 heavy (non-hydrogen) atoms. The van der Waals surface area contributed by atoms with E-state index in [4.69, 9.17) is 0 Å². The predicted molar refractivity (Wildman–Crippen MR) is 75.6 cm³/mol. The first-order valence-corrected chi connectivity index (χ1v) is 8.20. The zero-order valence-electron chi connectivity index (χ0n) is 10.8. The third-order valence-corrected chi connectivity index (χ3v) is 5.88. The van der Waals surface area contributed by atoms with Crippen molar-refractivity contribution in [3.63, 3.8) is 0 Å². The van der Waals surface area contributed by atoms with Crippen molar-refractivity contribution >= 4 is 16.9 Å². The van der Waals surface area contributed by atoms with Gasteiger partial charge in [-0.1, -0.05) is 25.1 Å². The molecule has 2 saturated carbocycles. The number of thioether (sulfide) groups is 1. The van der Waals surface area contributed by atoms with Gasteiger partial charge < -0.3 is 5.32 Å². The molecular formula is C14H24N2S. The van der Waals surface area contributed by atoms with Crippen molar-refractivity contribution in [3.8, 4) is 0 Å². The summed E-state index contributed by atoms with van der Waals surface area (Å²) in [6.07, 6.45) is 9.80. The van der Waals surface area contributed by atoms with E-state index in [0.29, 0.717) is 6.04 Å². The Hall–Kier alpha value is -0.180. The van der Waals surface area contributed by atoms with Gasteiger partial charge in [0.1, 0.15) is 0 Å². The minimum absolute atomic E-state index is 0.710. The standard InChI is InChI=1S/C14H24N2S/c1-2-10-3-7-12(8-4-10)16-14-15-9-13(17-14)11-5-6-11/h10-13H,2-9H2,1H3,(H,15,16). The second kappa shape index (κ2) is 5.21. The number of hydrogen-bond donors (Lipinski definition) is 1. The van der Waals surface area contributed by atoms with E-state index in [0.717, 1.165) is 23.6 Å². The summed E-state index contributed by atoms with van der Waals surface area (Å²) >= 11 is 2.02. The SMILES string of the molecule is CCC1CCC(NC2=NCC(C3CC3)S2)CC1. The minimum atomic E-state index is 0.710. The third kappa shape index (κ3) is 2.98. The van der Waals surface area contributed by atoms with E-state index in [1.165, 1.54) is 50.1 Å². The second-order valence-corrected chi connectivity index (χ2v) is 7.14. The highest BCUT2D eigenvalue weighted by atomic mass is 32.2. The topological polar surface area (TPSA) is 24.4 Å². The van der Waals surface area contributed by atoms with Crippen LogP contribution in [0, 0.1) is 11.8 Å². The zero-order valence-corrected chi connectivity index (χ0v) is 11.6. The fraction of sp³-hybridized carbons (Fsp3) is 0.929. The van der Waals surface area contributed by atoms with Gasteiger partial charge in [-0.25, -0.2) is 0 Å². The van der Waals surface area contributed by atoms with E-state index in [-0.39, 0.29) is 0 Å². The summed E-state index contributed by atoms with van der Waals surface area (Å²) in [4.78, 5) is 4.68. The van der Waals surface area contributed by atoms with E-state index in [2.05, 4.69) is 17.2 Å².